The number of hydrogen-bond acceptors (Lipinski definition) is 0. The van der Waals surface area contributed by atoms with E-state index < -0.39 is 0 Å². The molecule has 0 atom stereocenters. The van der Waals surface area contributed by atoms with Gasteiger partial charge in [0.2, 0.25) is 0 Å². The van der Waals surface area contributed by atoms with E-state index in [4.69, 9.17) is 0 Å². The Kier molecular flexibility index (Phi) is 7.16. The van der Waals surface area contributed by atoms with Crippen molar-refractivity contribution >= 4 is 43.6 Å². The fraction of sp³-hybridized carbons (Fsp3) is 0.100. The van der Waals surface area contributed by atoms with Crippen molar-refractivity contribution in [3.63, 3.8) is 0 Å². The first kappa shape index (κ1) is 35.3. The summed E-state index contributed by atoms with van der Waals surface area (Å²) in [4.78, 5) is 0. The third kappa shape index (κ3) is 4.70. The van der Waals surface area contributed by atoms with Crippen LogP contribution >= 0.6 is 0 Å². The molecule has 2 aromatic heterocycles. The maximum Gasteiger partial charge on any atom is 0.0588 e. The molecule has 294 valence electrons. The largest absolute Gasteiger partial charge is 0.309 e. The maximum atomic E-state index is 2.63. The molecule has 0 fully saturated rings. The Bertz CT molecular complexity index is 3400. The maximum absolute atomic E-state index is 2.63. The number of aromatic nitrogens is 2. The molecule has 0 saturated carbocycles. The summed E-state index contributed by atoms with van der Waals surface area (Å²) in [7, 11) is 0. The highest BCUT2D eigenvalue weighted by atomic mass is 15.0. The summed E-state index contributed by atoms with van der Waals surface area (Å²) >= 11 is 0. The van der Waals surface area contributed by atoms with Crippen molar-refractivity contribution in [3.8, 4) is 55.9 Å². The molecule has 2 heteroatoms. The first-order chi connectivity index (χ1) is 30.3. The van der Waals surface area contributed by atoms with Crippen molar-refractivity contribution in [2.24, 2.45) is 0 Å². The number of benzene rings is 9. The number of hydrogen-bond donors (Lipinski definition) is 0. The predicted octanol–water partition coefficient (Wildman–Crippen LogP) is 15.8. The first-order valence-corrected chi connectivity index (χ1v) is 21.9. The summed E-state index contributed by atoms with van der Waals surface area (Å²) in [5.74, 6) is 0. The van der Waals surface area contributed by atoms with E-state index in [0.29, 0.717) is 0 Å². The van der Waals surface area contributed by atoms with Gasteiger partial charge in [-0.2, -0.15) is 0 Å². The van der Waals surface area contributed by atoms with E-state index in [9.17, 15) is 0 Å². The molecule has 0 N–H and O–H groups in total. The van der Waals surface area contributed by atoms with Crippen molar-refractivity contribution in [2.45, 2.75) is 38.5 Å². The smallest absolute Gasteiger partial charge is 0.0588 e. The zero-order valence-electron chi connectivity index (χ0n) is 35.4. The topological polar surface area (TPSA) is 9.86 Å². The molecule has 11 aromatic rings. The first-order valence-electron chi connectivity index (χ1n) is 21.9. The fourth-order valence-corrected chi connectivity index (χ4v) is 11.5. The number of rotatable bonds is 4. The van der Waals surface area contributed by atoms with E-state index in [2.05, 4.69) is 231 Å². The normalized spacial score (nSPS) is 14.4. The van der Waals surface area contributed by atoms with E-state index in [0.717, 1.165) is 0 Å². The molecule has 13 rings (SSSR count). The summed E-state index contributed by atoms with van der Waals surface area (Å²) in [5, 5.41) is 5.16. The molecule has 62 heavy (non-hydrogen) atoms. The minimum absolute atomic E-state index is 0.338. The van der Waals surface area contributed by atoms with Crippen molar-refractivity contribution in [1.82, 2.24) is 9.13 Å². The molecule has 9 aromatic carbocycles. The van der Waals surface area contributed by atoms with Crippen LogP contribution < -0.4 is 0 Å². The van der Waals surface area contributed by atoms with Crippen molar-refractivity contribution < 1.29 is 0 Å². The van der Waals surface area contributed by atoms with Gasteiger partial charge in [-0.15, -0.1) is 0 Å². The van der Waals surface area contributed by atoms with Crippen LogP contribution in [0.5, 0.6) is 0 Å². The Balaban J connectivity index is 1.18. The number of nitrogens with zero attached hydrogens (tertiary/aromatic N) is 2. The van der Waals surface area contributed by atoms with Crippen LogP contribution in [0, 0.1) is 0 Å². The molecule has 0 aliphatic carbocycles. The Morgan fingerprint density at radius 3 is 1.02 bits per heavy atom. The molecular formula is C60H44N2. The molecule has 0 unspecified atom stereocenters. The molecule has 4 heterocycles. The van der Waals surface area contributed by atoms with Gasteiger partial charge in [-0.1, -0.05) is 198 Å². The molecule has 0 saturated heterocycles. The second-order valence-corrected chi connectivity index (χ2v) is 18.5. The molecule has 0 spiro atoms. The molecule has 2 nitrogen and oxygen atoms in total. The van der Waals surface area contributed by atoms with Crippen LogP contribution in [0.4, 0.5) is 0 Å². The van der Waals surface area contributed by atoms with Crippen LogP contribution in [-0.2, 0) is 10.8 Å². The van der Waals surface area contributed by atoms with Crippen LogP contribution in [0.25, 0.3) is 99.5 Å². The summed E-state index contributed by atoms with van der Waals surface area (Å²) in [6.07, 6.45) is 0. The molecular weight excluding hydrogens is 749 g/mol. The standard InChI is InChI=1S/C60H44N2/c1-59(2)49-35-54-50(36-53(49)61-51-33-41(37-17-9-5-10-18-37)25-27-45(51)47-31-29-43(55(59)57(47)61)39-21-13-7-14-22-39)60(3,4)56-44(40-23-15-8-16-24-40)30-32-48-46-28-26-42(38-19-11-6-12-20-38)34-52(46)62(54)58(48)56/h5-36H,1-4H3. The Labute approximate surface area is 362 Å². The highest BCUT2D eigenvalue weighted by Crippen LogP contribution is 2.56. The van der Waals surface area contributed by atoms with Gasteiger partial charge in [-0.05, 0) is 91.0 Å². The van der Waals surface area contributed by atoms with Crippen molar-refractivity contribution in [3.05, 3.63) is 216 Å². The lowest BCUT2D eigenvalue weighted by Crippen LogP contribution is -2.31. The lowest BCUT2D eigenvalue weighted by Gasteiger charge is -2.41. The average Bonchev–Trinajstić information content (AvgIpc) is 3.83. The van der Waals surface area contributed by atoms with Crippen LogP contribution in [0.15, 0.2) is 194 Å². The number of fused-ring (bicyclic) bond motifs is 10. The minimum Gasteiger partial charge on any atom is -0.309 e. The van der Waals surface area contributed by atoms with E-state index in [-0.39, 0.29) is 10.8 Å². The zero-order valence-corrected chi connectivity index (χ0v) is 35.4. The summed E-state index contributed by atoms with van der Waals surface area (Å²) in [6.45, 7) is 9.84. The van der Waals surface area contributed by atoms with Gasteiger partial charge in [0, 0.05) is 32.4 Å². The van der Waals surface area contributed by atoms with Gasteiger partial charge in [0.15, 0.2) is 0 Å². The molecule has 0 amide bonds. The highest BCUT2D eigenvalue weighted by molar-refractivity contribution is 6.16. The lowest BCUT2D eigenvalue weighted by molar-refractivity contribution is 0.612. The van der Waals surface area contributed by atoms with Crippen LogP contribution in [0.3, 0.4) is 0 Å². The van der Waals surface area contributed by atoms with Gasteiger partial charge in [0.05, 0.1) is 33.4 Å². The van der Waals surface area contributed by atoms with Crippen LogP contribution in [-0.4, -0.2) is 9.13 Å². The second-order valence-electron chi connectivity index (χ2n) is 18.5. The minimum atomic E-state index is -0.338. The van der Waals surface area contributed by atoms with E-state index in [1.54, 1.807) is 0 Å². The second kappa shape index (κ2) is 12.6. The van der Waals surface area contributed by atoms with E-state index >= 15 is 0 Å². The van der Waals surface area contributed by atoms with E-state index in [1.165, 1.54) is 122 Å². The van der Waals surface area contributed by atoms with E-state index in [1.807, 2.05) is 0 Å². The Morgan fingerprint density at radius 2 is 0.645 bits per heavy atom. The van der Waals surface area contributed by atoms with Gasteiger partial charge in [0.1, 0.15) is 0 Å². The zero-order chi connectivity index (χ0) is 41.5. The highest BCUT2D eigenvalue weighted by Gasteiger charge is 2.43. The lowest BCUT2D eigenvalue weighted by atomic mass is 9.68. The molecule has 0 radical (unpaired) electrons. The van der Waals surface area contributed by atoms with Crippen molar-refractivity contribution in [2.75, 3.05) is 0 Å². The summed E-state index contributed by atoms with van der Waals surface area (Å²) in [5.41, 5.74) is 22.4. The third-order valence-corrected chi connectivity index (χ3v) is 14.4. The average molecular weight is 793 g/mol. The van der Waals surface area contributed by atoms with Gasteiger partial charge in [0.25, 0.3) is 0 Å². The summed E-state index contributed by atoms with van der Waals surface area (Å²) in [6, 6.07) is 72.5. The quantitative estimate of drug-likeness (QED) is 0.168. The van der Waals surface area contributed by atoms with Gasteiger partial charge in [-0.3, -0.25) is 0 Å². The molecule has 2 aliphatic heterocycles. The monoisotopic (exact) mass is 792 g/mol. The van der Waals surface area contributed by atoms with Crippen LogP contribution in [0.1, 0.15) is 49.9 Å². The Morgan fingerprint density at radius 1 is 0.306 bits per heavy atom. The van der Waals surface area contributed by atoms with Crippen LogP contribution in [0.2, 0.25) is 0 Å². The van der Waals surface area contributed by atoms with Gasteiger partial charge < -0.3 is 9.13 Å². The fourth-order valence-electron chi connectivity index (χ4n) is 11.5. The predicted molar refractivity (Wildman–Crippen MR) is 261 cm³/mol. The van der Waals surface area contributed by atoms with Crippen molar-refractivity contribution in [1.29, 1.82) is 0 Å². The summed E-state index contributed by atoms with van der Waals surface area (Å²) < 4.78 is 5.26. The molecule has 2 aliphatic rings. The molecule has 0 bridgehead atoms. The SMILES string of the molecule is CC1(C)c2cc3c(cc2-n2c4cc(-c5ccccc5)ccc4c4ccc(-c5ccccc5)c1c42)C(C)(C)c1c(-c2ccccc2)ccc2c4ccc(-c5ccccc5)cc4n-3c12. The third-order valence-electron chi connectivity index (χ3n) is 14.4. The van der Waals surface area contributed by atoms with Gasteiger partial charge in [-0.25, -0.2) is 0 Å². The Hall–Kier alpha value is -7.42. The van der Waals surface area contributed by atoms with Gasteiger partial charge >= 0.3 is 0 Å².